The second-order valence-corrected chi connectivity index (χ2v) is 5.37. The van der Waals surface area contributed by atoms with Crippen LogP contribution in [0.5, 0.6) is 0 Å². The topological polar surface area (TPSA) is 40.5 Å². The summed E-state index contributed by atoms with van der Waals surface area (Å²) < 4.78 is 0. The first kappa shape index (κ1) is 12.8. The Bertz CT molecular complexity index is 211. The summed E-state index contributed by atoms with van der Waals surface area (Å²) in [7, 11) is 0. The predicted octanol–water partition coefficient (Wildman–Crippen LogP) is 1.78. The van der Waals surface area contributed by atoms with E-state index in [1.165, 1.54) is 18.6 Å². The molecule has 1 heterocycles. The van der Waals surface area contributed by atoms with Gasteiger partial charge in [0.15, 0.2) is 0 Å². The van der Waals surface area contributed by atoms with Gasteiger partial charge < -0.3 is 10.0 Å². The van der Waals surface area contributed by atoms with Gasteiger partial charge in [0.2, 0.25) is 0 Å². The van der Waals surface area contributed by atoms with Gasteiger partial charge in [0.1, 0.15) is 0 Å². The number of unbranched alkanes of at least 4 members (excludes halogenated alkanes) is 1. The fourth-order valence-electron chi connectivity index (χ4n) is 2.15. The number of carboxylic acid groups (broad SMARTS) is 1. The maximum atomic E-state index is 10.9. The first-order valence-electron chi connectivity index (χ1n) is 5.59. The zero-order valence-electron chi connectivity index (χ0n) is 9.61. The molecular formula is C11H21NO2S. The summed E-state index contributed by atoms with van der Waals surface area (Å²) in [5.74, 6) is 0.744. The molecule has 1 rings (SSSR count). The van der Waals surface area contributed by atoms with Crippen molar-refractivity contribution in [2.45, 2.75) is 19.8 Å². The van der Waals surface area contributed by atoms with Crippen molar-refractivity contribution in [3.63, 3.8) is 0 Å². The summed E-state index contributed by atoms with van der Waals surface area (Å²) in [5.41, 5.74) is 0. The lowest BCUT2D eigenvalue weighted by Gasteiger charge is -2.14. The molecule has 2 atom stereocenters. The molecule has 4 heteroatoms. The Morgan fingerprint density at radius 3 is 2.73 bits per heavy atom. The van der Waals surface area contributed by atoms with E-state index in [0.717, 1.165) is 19.6 Å². The van der Waals surface area contributed by atoms with Gasteiger partial charge in [-0.15, -0.1) is 0 Å². The monoisotopic (exact) mass is 231 g/mol. The number of hydrogen-bond acceptors (Lipinski definition) is 3. The molecule has 0 saturated carbocycles. The largest absolute Gasteiger partial charge is 0.481 e. The van der Waals surface area contributed by atoms with Gasteiger partial charge in [0, 0.05) is 13.1 Å². The van der Waals surface area contributed by atoms with Gasteiger partial charge in [-0.3, -0.25) is 4.79 Å². The van der Waals surface area contributed by atoms with Crippen molar-refractivity contribution in [2.75, 3.05) is 31.6 Å². The van der Waals surface area contributed by atoms with E-state index in [2.05, 4.69) is 11.2 Å². The van der Waals surface area contributed by atoms with Crippen LogP contribution in [0.1, 0.15) is 19.8 Å². The molecule has 0 amide bonds. The summed E-state index contributed by atoms with van der Waals surface area (Å²) in [6, 6.07) is 0. The molecule has 0 aromatic carbocycles. The fraction of sp³-hybridized carbons (Fsp3) is 0.909. The van der Waals surface area contributed by atoms with Crippen LogP contribution in [0.25, 0.3) is 0 Å². The van der Waals surface area contributed by atoms with Gasteiger partial charge in [-0.25, -0.2) is 0 Å². The van der Waals surface area contributed by atoms with Gasteiger partial charge in [-0.1, -0.05) is 6.92 Å². The SMILES string of the molecule is CSCCCCN1C[C@@H](C)[C@H](C(=O)O)C1. The molecule has 15 heavy (non-hydrogen) atoms. The Labute approximate surface area is 96.2 Å². The molecule has 1 fully saturated rings. The molecule has 0 bridgehead atoms. The first-order valence-corrected chi connectivity index (χ1v) is 6.98. The normalized spacial score (nSPS) is 27.1. The third-order valence-corrected chi connectivity index (χ3v) is 3.77. The van der Waals surface area contributed by atoms with Crippen LogP contribution in [0.15, 0.2) is 0 Å². The minimum absolute atomic E-state index is 0.148. The Hall–Kier alpha value is -0.220. The number of nitrogens with zero attached hydrogens (tertiary/aromatic N) is 1. The van der Waals surface area contributed by atoms with E-state index < -0.39 is 5.97 Å². The van der Waals surface area contributed by atoms with Crippen LogP contribution >= 0.6 is 11.8 Å². The maximum Gasteiger partial charge on any atom is 0.308 e. The zero-order valence-corrected chi connectivity index (χ0v) is 10.4. The molecule has 1 aliphatic rings. The Kier molecular flexibility index (Phi) is 5.47. The van der Waals surface area contributed by atoms with Crippen molar-refractivity contribution < 1.29 is 9.90 Å². The number of likely N-dealkylation sites (tertiary alicyclic amines) is 1. The molecule has 0 unspecified atom stereocenters. The molecule has 0 aromatic heterocycles. The smallest absolute Gasteiger partial charge is 0.308 e. The predicted molar refractivity (Wildman–Crippen MR) is 64.3 cm³/mol. The van der Waals surface area contributed by atoms with Gasteiger partial charge in [0.05, 0.1) is 5.92 Å². The van der Waals surface area contributed by atoms with E-state index in [9.17, 15) is 4.79 Å². The summed E-state index contributed by atoms with van der Waals surface area (Å²) >= 11 is 1.88. The lowest BCUT2D eigenvalue weighted by Crippen LogP contribution is -2.24. The van der Waals surface area contributed by atoms with E-state index in [4.69, 9.17) is 5.11 Å². The maximum absolute atomic E-state index is 10.9. The standard InChI is InChI=1S/C11H21NO2S/c1-9-7-12(5-3-4-6-15-2)8-10(9)11(13)14/h9-10H,3-8H2,1-2H3,(H,13,14)/t9-,10-/m1/s1. The van der Waals surface area contributed by atoms with Crippen LogP contribution in [0.3, 0.4) is 0 Å². The Morgan fingerprint density at radius 1 is 1.47 bits per heavy atom. The summed E-state index contributed by atoms with van der Waals surface area (Å²) in [5, 5.41) is 8.98. The number of carboxylic acids is 1. The minimum atomic E-state index is -0.630. The van der Waals surface area contributed by atoms with E-state index in [1.54, 1.807) is 0 Å². The molecule has 1 aliphatic heterocycles. The Balaban J connectivity index is 2.20. The summed E-state index contributed by atoms with van der Waals surface area (Å²) in [6.07, 6.45) is 4.56. The molecule has 1 N–H and O–H groups in total. The van der Waals surface area contributed by atoms with Crippen molar-refractivity contribution in [2.24, 2.45) is 11.8 Å². The van der Waals surface area contributed by atoms with Gasteiger partial charge in [-0.2, -0.15) is 11.8 Å². The molecular weight excluding hydrogens is 210 g/mol. The highest BCUT2D eigenvalue weighted by atomic mass is 32.2. The average Bonchev–Trinajstić information content (AvgIpc) is 2.55. The lowest BCUT2D eigenvalue weighted by molar-refractivity contribution is -0.142. The van der Waals surface area contributed by atoms with E-state index in [0.29, 0.717) is 5.92 Å². The number of aliphatic carboxylic acids is 1. The summed E-state index contributed by atoms with van der Waals surface area (Å²) in [6.45, 7) is 4.81. The summed E-state index contributed by atoms with van der Waals surface area (Å²) in [4.78, 5) is 13.2. The number of rotatable bonds is 6. The van der Waals surface area contributed by atoms with E-state index in [-0.39, 0.29) is 5.92 Å². The number of hydrogen-bond donors (Lipinski definition) is 1. The number of thioether (sulfide) groups is 1. The van der Waals surface area contributed by atoms with Crippen molar-refractivity contribution in [3.05, 3.63) is 0 Å². The third-order valence-electron chi connectivity index (χ3n) is 3.08. The zero-order chi connectivity index (χ0) is 11.3. The van der Waals surface area contributed by atoms with Crippen molar-refractivity contribution in [3.8, 4) is 0 Å². The van der Waals surface area contributed by atoms with E-state index >= 15 is 0 Å². The minimum Gasteiger partial charge on any atom is -0.481 e. The lowest BCUT2D eigenvalue weighted by atomic mass is 9.99. The first-order chi connectivity index (χ1) is 7.15. The van der Waals surface area contributed by atoms with Crippen molar-refractivity contribution in [1.82, 2.24) is 4.90 Å². The van der Waals surface area contributed by atoms with Crippen LogP contribution < -0.4 is 0 Å². The fourth-order valence-corrected chi connectivity index (χ4v) is 2.65. The van der Waals surface area contributed by atoms with Crippen LogP contribution in [-0.2, 0) is 4.79 Å². The number of carbonyl (C=O) groups is 1. The van der Waals surface area contributed by atoms with Crippen LogP contribution in [0, 0.1) is 11.8 Å². The highest BCUT2D eigenvalue weighted by Crippen LogP contribution is 2.23. The third kappa shape index (κ3) is 4.03. The van der Waals surface area contributed by atoms with E-state index in [1.807, 2.05) is 18.7 Å². The highest BCUT2D eigenvalue weighted by Gasteiger charge is 2.33. The molecule has 0 spiro atoms. The van der Waals surface area contributed by atoms with Crippen LogP contribution in [0.4, 0.5) is 0 Å². The molecule has 0 aliphatic carbocycles. The van der Waals surface area contributed by atoms with Gasteiger partial charge in [0.25, 0.3) is 0 Å². The van der Waals surface area contributed by atoms with Gasteiger partial charge in [-0.05, 0) is 37.3 Å². The second-order valence-electron chi connectivity index (χ2n) is 4.38. The molecule has 1 saturated heterocycles. The quantitative estimate of drug-likeness (QED) is 0.707. The second kappa shape index (κ2) is 6.38. The molecule has 3 nitrogen and oxygen atoms in total. The molecule has 0 aromatic rings. The Morgan fingerprint density at radius 2 is 2.20 bits per heavy atom. The average molecular weight is 231 g/mol. The highest BCUT2D eigenvalue weighted by molar-refractivity contribution is 7.98. The van der Waals surface area contributed by atoms with Crippen molar-refractivity contribution >= 4 is 17.7 Å². The van der Waals surface area contributed by atoms with Crippen LogP contribution in [-0.4, -0.2) is 47.6 Å². The van der Waals surface area contributed by atoms with Crippen molar-refractivity contribution in [1.29, 1.82) is 0 Å². The molecule has 88 valence electrons. The molecule has 0 radical (unpaired) electrons. The van der Waals surface area contributed by atoms with Gasteiger partial charge >= 0.3 is 5.97 Å². The van der Waals surface area contributed by atoms with Crippen LogP contribution in [0.2, 0.25) is 0 Å².